The molecule has 1 aromatic carbocycles. The summed E-state index contributed by atoms with van der Waals surface area (Å²) in [6.07, 6.45) is 8.66. The molecule has 3 aromatic rings. The zero-order valence-corrected chi connectivity index (χ0v) is 13.6. The number of nitrogens with zero attached hydrogens (tertiary/aromatic N) is 5. The van der Waals surface area contributed by atoms with Gasteiger partial charge in [-0.2, -0.15) is 0 Å². The lowest BCUT2D eigenvalue weighted by atomic mass is 9.76. The molecule has 1 saturated carbocycles. The molecule has 4 rings (SSSR count). The summed E-state index contributed by atoms with van der Waals surface area (Å²) < 4.78 is 1.80. The minimum Gasteiger partial charge on any atom is -0.507 e. The van der Waals surface area contributed by atoms with E-state index >= 15 is 0 Å². The van der Waals surface area contributed by atoms with Gasteiger partial charge in [-0.05, 0) is 36.5 Å². The van der Waals surface area contributed by atoms with Crippen LogP contribution in [0.3, 0.4) is 0 Å². The van der Waals surface area contributed by atoms with Gasteiger partial charge in [0.1, 0.15) is 11.4 Å². The number of imidazole rings is 1. The number of aromatic hydroxyl groups is 1. The lowest BCUT2D eigenvalue weighted by Gasteiger charge is -2.33. The SMILES string of the molecule is C=C(c1cnc(-c2ccc(-n3ccnc3)cc2O)nn1)[C@H]1C[C@@H](N)C1. The number of hydrogen-bond acceptors (Lipinski definition) is 6. The summed E-state index contributed by atoms with van der Waals surface area (Å²) in [7, 11) is 0. The number of phenolic OH excluding ortho intramolecular Hbond substituents is 1. The maximum Gasteiger partial charge on any atom is 0.185 e. The van der Waals surface area contributed by atoms with Crippen LogP contribution >= 0.6 is 0 Å². The Bertz CT molecular complexity index is 898. The van der Waals surface area contributed by atoms with Gasteiger partial charge in [-0.25, -0.2) is 9.97 Å². The lowest BCUT2D eigenvalue weighted by Crippen LogP contribution is -2.36. The van der Waals surface area contributed by atoms with Gasteiger partial charge in [-0.3, -0.25) is 0 Å². The highest BCUT2D eigenvalue weighted by Gasteiger charge is 2.29. The Morgan fingerprint density at radius 2 is 2.12 bits per heavy atom. The van der Waals surface area contributed by atoms with E-state index in [1.165, 1.54) is 0 Å². The third kappa shape index (κ3) is 2.89. The molecule has 0 bridgehead atoms. The van der Waals surface area contributed by atoms with Crippen molar-refractivity contribution in [3.63, 3.8) is 0 Å². The first-order valence-electron chi connectivity index (χ1n) is 8.08. The first-order chi connectivity index (χ1) is 12.1. The minimum atomic E-state index is 0.0875. The number of phenols is 1. The summed E-state index contributed by atoms with van der Waals surface area (Å²) in [4.78, 5) is 8.33. The molecule has 0 saturated heterocycles. The van der Waals surface area contributed by atoms with Crippen LogP contribution in [0.5, 0.6) is 5.75 Å². The molecule has 7 nitrogen and oxygen atoms in total. The van der Waals surface area contributed by atoms with Crippen LogP contribution in [-0.4, -0.2) is 35.9 Å². The van der Waals surface area contributed by atoms with Crippen molar-refractivity contribution in [2.24, 2.45) is 11.7 Å². The molecule has 1 fully saturated rings. The molecule has 0 spiro atoms. The van der Waals surface area contributed by atoms with Gasteiger partial charge in [0.05, 0.1) is 23.8 Å². The quantitative estimate of drug-likeness (QED) is 0.758. The van der Waals surface area contributed by atoms with Crippen LogP contribution in [0.4, 0.5) is 0 Å². The lowest BCUT2D eigenvalue weighted by molar-refractivity contribution is 0.334. The van der Waals surface area contributed by atoms with Gasteiger partial charge < -0.3 is 15.4 Å². The van der Waals surface area contributed by atoms with E-state index in [9.17, 15) is 5.11 Å². The summed E-state index contributed by atoms with van der Waals surface area (Å²) >= 11 is 0. The Morgan fingerprint density at radius 1 is 1.28 bits per heavy atom. The molecule has 3 N–H and O–H groups in total. The fraction of sp³-hybridized carbons (Fsp3) is 0.222. The van der Waals surface area contributed by atoms with Gasteiger partial charge >= 0.3 is 0 Å². The van der Waals surface area contributed by atoms with Crippen LogP contribution in [0.2, 0.25) is 0 Å². The molecule has 1 aliphatic rings. The van der Waals surface area contributed by atoms with Crippen LogP contribution in [0.25, 0.3) is 22.6 Å². The van der Waals surface area contributed by atoms with Crippen molar-refractivity contribution in [2.45, 2.75) is 18.9 Å². The van der Waals surface area contributed by atoms with Gasteiger partial charge in [-0.15, -0.1) is 10.2 Å². The fourth-order valence-electron chi connectivity index (χ4n) is 2.98. The number of nitrogens with two attached hydrogens (primary N) is 1. The summed E-state index contributed by atoms with van der Waals surface area (Å²) in [5, 5.41) is 18.7. The Balaban J connectivity index is 1.57. The summed E-state index contributed by atoms with van der Waals surface area (Å²) in [6.45, 7) is 4.09. The molecule has 0 radical (unpaired) electrons. The predicted molar refractivity (Wildman–Crippen MR) is 93.8 cm³/mol. The van der Waals surface area contributed by atoms with Crippen molar-refractivity contribution in [3.05, 3.63) is 55.4 Å². The predicted octanol–water partition coefficient (Wildman–Crippen LogP) is 2.18. The van der Waals surface area contributed by atoms with Crippen molar-refractivity contribution in [1.82, 2.24) is 24.7 Å². The van der Waals surface area contributed by atoms with Crippen LogP contribution in [0.15, 0.2) is 49.7 Å². The van der Waals surface area contributed by atoms with Crippen LogP contribution in [0.1, 0.15) is 18.5 Å². The normalized spacial score (nSPS) is 19.4. The van der Waals surface area contributed by atoms with Gasteiger partial charge in [0.15, 0.2) is 5.82 Å². The molecule has 2 heterocycles. The molecule has 1 aliphatic carbocycles. The number of rotatable bonds is 4. The Hall–Kier alpha value is -3.06. The van der Waals surface area contributed by atoms with Crippen LogP contribution in [-0.2, 0) is 0 Å². The number of hydrogen-bond donors (Lipinski definition) is 2. The van der Waals surface area contributed by atoms with E-state index in [0.717, 1.165) is 24.1 Å². The first-order valence-corrected chi connectivity index (χ1v) is 8.08. The molecule has 2 aromatic heterocycles. The molecule has 25 heavy (non-hydrogen) atoms. The van der Waals surface area contributed by atoms with E-state index in [4.69, 9.17) is 5.73 Å². The van der Waals surface area contributed by atoms with Gasteiger partial charge in [0.25, 0.3) is 0 Å². The Morgan fingerprint density at radius 3 is 2.72 bits per heavy atom. The Kier molecular flexibility index (Phi) is 3.77. The summed E-state index contributed by atoms with van der Waals surface area (Å²) in [5.74, 6) is 0.820. The standard InChI is InChI=1S/C18H18N6O/c1-11(12-6-13(19)7-12)16-9-21-18(23-22-16)15-3-2-14(8-17(15)25)24-5-4-20-10-24/h2-5,8-10,12-13,25H,1,6-7,19H2/t12-,13+. The average Bonchev–Trinajstić information content (AvgIpc) is 3.13. The maximum absolute atomic E-state index is 10.3. The van der Waals surface area contributed by atoms with Gasteiger partial charge in [-0.1, -0.05) is 6.58 Å². The van der Waals surface area contributed by atoms with Gasteiger partial charge in [0.2, 0.25) is 0 Å². The minimum absolute atomic E-state index is 0.0875. The number of aromatic nitrogens is 5. The van der Waals surface area contributed by atoms with E-state index in [2.05, 4.69) is 26.7 Å². The van der Waals surface area contributed by atoms with Crippen molar-refractivity contribution >= 4 is 5.57 Å². The smallest absolute Gasteiger partial charge is 0.185 e. The second-order valence-corrected chi connectivity index (χ2v) is 6.29. The number of benzene rings is 1. The van der Waals surface area contributed by atoms with Crippen molar-refractivity contribution in [1.29, 1.82) is 0 Å². The topological polar surface area (TPSA) is 103 Å². The highest BCUT2D eigenvalue weighted by Crippen LogP contribution is 2.36. The molecule has 0 atom stereocenters. The molecule has 0 amide bonds. The molecule has 126 valence electrons. The van der Waals surface area contributed by atoms with E-state index in [1.807, 2.05) is 6.07 Å². The molecule has 7 heteroatoms. The van der Waals surface area contributed by atoms with Crippen molar-refractivity contribution < 1.29 is 5.11 Å². The average molecular weight is 334 g/mol. The molecule has 0 aliphatic heterocycles. The third-order valence-corrected chi connectivity index (χ3v) is 4.58. The molecule has 0 unspecified atom stereocenters. The largest absolute Gasteiger partial charge is 0.507 e. The second kappa shape index (κ2) is 6.10. The zero-order chi connectivity index (χ0) is 17.4. The monoisotopic (exact) mass is 334 g/mol. The van der Waals surface area contributed by atoms with Crippen LogP contribution < -0.4 is 5.73 Å². The van der Waals surface area contributed by atoms with Crippen molar-refractivity contribution in [3.8, 4) is 22.8 Å². The summed E-state index contributed by atoms with van der Waals surface area (Å²) in [6, 6.07) is 5.53. The van der Waals surface area contributed by atoms with E-state index in [0.29, 0.717) is 23.0 Å². The van der Waals surface area contributed by atoms with Crippen molar-refractivity contribution in [2.75, 3.05) is 0 Å². The van der Waals surface area contributed by atoms with Gasteiger partial charge in [0, 0.05) is 24.5 Å². The fourth-order valence-corrected chi connectivity index (χ4v) is 2.98. The zero-order valence-electron chi connectivity index (χ0n) is 13.6. The highest BCUT2D eigenvalue weighted by molar-refractivity contribution is 5.67. The molecular weight excluding hydrogens is 316 g/mol. The molecular formula is C18H18N6O. The third-order valence-electron chi connectivity index (χ3n) is 4.58. The second-order valence-electron chi connectivity index (χ2n) is 6.29. The maximum atomic E-state index is 10.3. The van der Waals surface area contributed by atoms with E-state index in [-0.39, 0.29) is 11.8 Å². The Labute approximate surface area is 144 Å². The highest BCUT2D eigenvalue weighted by atomic mass is 16.3. The first kappa shape index (κ1) is 15.5. The summed E-state index contributed by atoms with van der Waals surface area (Å²) in [5.41, 5.74) is 8.75. The number of allylic oxidation sites excluding steroid dienone is 1. The van der Waals surface area contributed by atoms with E-state index < -0.39 is 0 Å². The van der Waals surface area contributed by atoms with Crippen LogP contribution in [0, 0.1) is 5.92 Å². The van der Waals surface area contributed by atoms with E-state index in [1.54, 1.807) is 41.6 Å².